The number of carbonyl (C=O) groups excluding carboxylic acids is 1. The van der Waals surface area contributed by atoms with Gasteiger partial charge in [0, 0.05) is 35.2 Å². The zero-order chi connectivity index (χ0) is 29.1. The molecule has 0 spiro atoms. The maximum atomic E-state index is 14.6. The van der Waals surface area contributed by atoms with Gasteiger partial charge in [-0.05, 0) is 63.5 Å². The van der Waals surface area contributed by atoms with Crippen LogP contribution in [0.25, 0.3) is 10.2 Å². The van der Waals surface area contributed by atoms with Gasteiger partial charge < -0.3 is 20.5 Å². The van der Waals surface area contributed by atoms with Crippen LogP contribution < -0.4 is 10.6 Å². The highest BCUT2D eigenvalue weighted by Crippen LogP contribution is 2.46. The first kappa shape index (κ1) is 28.4. The molecule has 5 atom stereocenters. The zero-order valence-corrected chi connectivity index (χ0v) is 23.3. The van der Waals surface area contributed by atoms with Gasteiger partial charge >= 0.3 is 12.1 Å². The fraction of sp³-hybridized carbons (Fsp3) is 0.621. The molecule has 2 bridgehead atoms. The number of carboxylic acid groups (broad SMARTS) is 1. The molecule has 2 aliphatic carbocycles. The summed E-state index contributed by atoms with van der Waals surface area (Å²) >= 11 is 1.26. The number of hydrogen-bond acceptors (Lipinski definition) is 7. The summed E-state index contributed by atoms with van der Waals surface area (Å²) < 4.78 is 62.8. The second-order valence-corrected chi connectivity index (χ2v) is 12.9. The highest BCUT2D eigenvalue weighted by atomic mass is 32.1. The topological polar surface area (TPSA) is 106 Å². The molecule has 12 heteroatoms. The van der Waals surface area contributed by atoms with Gasteiger partial charge in [-0.15, -0.1) is 0 Å². The molecule has 4 aliphatic rings. The number of aromatic carboxylic acids is 1. The standard InChI is InChI=1S/C29H33F4N3O4S/c30-22-9-15(27(38)39)10-23-25(22)35-28(41-23)36-16-7-8-17(36)12-18(11-16)40-13-20(26(37)14-5-6-14)24(34)19-3-1-2-4-21(19)29(31,32)33/h9-10,14,16-19,21H,1-8,11-13,34H2,(H,38,39)/t16-,17?,18?,19?,21?/m0/s1. The number of ether oxygens (including phenoxy) is 1. The molecule has 1 aromatic carbocycles. The first-order valence-corrected chi connectivity index (χ1v) is 15.2. The Morgan fingerprint density at radius 1 is 1.07 bits per heavy atom. The van der Waals surface area contributed by atoms with Crippen LogP contribution in [0.2, 0.25) is 0 Å². The molecule has 222 valence electrons. The second kappa shape index (κ2) is 10.8. The van der Waals surface area contributed by atoms with Crippen molar-refractivity contribution in [3.8, 4) is 0 Å². The Morgan fingerprint density at radius 2 is 1.76 bits per heavy atom. The van der Waals surface area contributed by atoms with Crippen molar-refractivity contribution in [2.24, 2.45) is 23.5 Å². The van der Waals surface area contributed by atoms with Crippen molar-refractivity contribution >= 4 is 38.4 Å². The number of ketones is 1. The normalized spacial score (nSPS) is 29.1. The van der Waals surface area contributed by atoms with Gasteiger partial charge in [0.15, 0.2) is 16.7 Å². The molecule has 3 N–H and O–H groups in total. The fourth-order valence-corrected chi connectivity index (χ4v) is 8.16. The van der Waals surface area contributed by atoms with E-state index in [4.69, 9.17) is 10.5 Å². The van der Waals surface area contributed by atoms with Crippen molar-refractivity contribution in [1.82, 2.24) is 4.98 Å². The average Bonchev–Trinajstić information content (AvgIpc) is 3.63. The fourth-order valence-electron chi connectivity index (χ4n) is 6.99. The lowest BCUT2D eigenvalue weighted by Crippen LogP contribution is -2.46. The number of benzene rings is 1. The monoisotopic (exact) mass is 595 g/mol. The maximum absolute atomic E-state index is 14.6. The molecule has 2 aromatic rings. The lowest BCUT2D eigenvalue weighted by molar-refractivity contribution is -0.192. The number of alkyl halides is 3. The Kier molecular flexibility index (Phi) is 7.50. The van der Waals surface area contributed by atoms with E-state index in [-0.39, 0.29) is 65.3 Å². The molecule has 1 aromatic heterocycles. The molecule has 6 rings (SSSR count). The number of halogens is 4. The third kappa shape index (κ3) is 5.57. The quantitative estimate of drug-likeness (QED) is 0.276. The Balaban J connectivity index is 1.18. The van der Waals surface area contributed by atoms with Crippen molar-refractivity contribution in [1.29, 1.82) is 0 Å². The second-order valence-electron chi connectivity index (χ2n) is 11.9. The van der Waals surface area contributed by atoms with Crippen LogP contribution in [-0.4, -0.2) is 52.8 Å². The molecular formula is C29H33F4N3O4S. The summed E-state index contributed by atoms with van der Waals surface area (Å²) in [5, 5.41) is 9.91. The number of nitrogens with two attached hydrogens (primary N) is 1. The van der Waals surface area contributed by atoms with Crippen LogP contribution in [0.1, 0.15) is 74.6 Å². The summed E-state index contributed by atoms with van der Waals surface area (Å²) in [4.78, 5) is 31.2. The summed E-state index contributed by atoms with van der Waals surface area (Å²) in [5.41, 5.74) is 6.70. The summed E-state index contributed by atoms with van der Waals surface area (Å²) in [6.07, 6.45) is 1.40. The third-order valence-corrected chi connectivity index (χ3v) is 10.3. The van der Waals surface area contributed by atoms with Gasteiger partial charge in [-0.1, -0.05) is 24.2 Å². The van der Waals surface area contributed by atoms with E-state index in [9.17, 15) is 32.3 Å². The number of carbonyl (C=O) groups is 2. The number of nitrogens with zero attached hydrogens (tertiary/aromatic N) is 2. The number of anilines is 1. The van der Waals surface area contributed by atoms with Crippen LogP contribution in [0.4, 0.5) is 22.7 Å². The number of rotatable bonds is 8. The Morgan fingerprint density at radius 3 is 2.39 bits per heavy atom. The van der Waals surface area contributed by atoms with Crippen LogP contribution in [0.5, 0.6) is 0 Å². The van der Waals surface area contributed by atoms with Gasteiger partial charge in [-0.3, -0.25) is 4.79 Å². The molecule has 0 radical (unpaired) electrons. The van der Waals surface area contributed by atoms with E-state index in [1.165, 1.54) is 17.4 Å². The van der Waals surface area contributed by atoms with Crippen LogP contribution in [0.15, 0.2) is 23.4 Å². The number of aromatic nitrogens is 1. The predicted octanol–water partition coefficient (Wildman–Crippen LogP) is 6.21. The van der Waals surface area contributed by atoms with E-state index in [0.29, 0.717) is 41.9 Å². The molecular weight excluding hydrogens is 562 g/mol. The van der Waals surface area contributed by atoms with Gasteiger partial charge in [0.05, 0.1) is 28.9 Å². The highest BCUT2D eigenvalue weighted by molar-refractivity contribution is 7.22. The number of fused-ring (bicyclic) bond motifs is 3. The number of carboxylic acids is 1. The molecule has 0 amide bonds. The molecule has 4 unspecified atom stereocenters. The Labute approximate surface area is 238 Å². The zero-order valence-electron chi connectivity index (χ0n) is 22.5. The predicted molar refractivity (Wildman–Crippen MR) is 145 cm³/mol. The van der Waals surface area contributed by atoms with Gasteiger partial charge in [0.1, 0.15) is 5.52 Å². The van der Waals surface area contributed by atoms with Crippen molar-refractivity contribution in [2.75, 3.05) is 11.5 Å². The first-order valence-electron chi connectivity index (χ1n) is 14.3. The van der Waals surface area contributed by atoms with E-state index >= 15 is 0 Å². The first-order chi connectivity index (χ1) is 19.5. The number of allylic oxidation sites excluding steroid dienone is 1. The average molecular weight is 596 g/mol. The third-order valence-electron chi connectivity index (χ3n) is 9.24. The summed E-state index contributed by atoms with van der Waals surface area (Å²) in [5.74, 6) is -4.67. The Hall–Kier alpha value is -2.73. The summed E-state index contributed by atoms with van der Waals surface area (Å²) in [7, 11) is 0. The smallest absolute Gasteiger partial charge is 0.392 e. The minimum atomic E-state index is -4.37. The van der Waals surface area contributed by atoms with Crippen LogP contribution in [-0.2, 0) is 9.53 Å². The van der Waals surface area contributed by atoms with Gasteiger partial charge in [0.2, 0.25) is 0 Å². The number of hydrogen-bond donors (Lipinski definition) is 2. The van der Waals surface area contributed by atoms with Crippen LogP contribution in [0, 0.1) is 23.6 Å². The number of piperidine rings is 1. The minimum Gasteiger partial charge on any atom is -0.478 e. The lowest BCUT2D eigenvalue weighted by Gasteiger charge is -2.39. The Bertz CT molecular complexity index is 1370. The molecule has 4 fully saturated rings. The molecule has 2 saturated heterocycles. The van der Waals surface area contributed by atoms with Gasteiger partial charge in [0.25, 0.3) is 0 Å². The van der Waals surface area contributed by atoms with E-state index in [1.54, 1.807) is 0 Å². The van der Waals surface area contributed by atoms with Gasteiger partial charge in [-0.2, -0.15) is 13.2 Å². The molecule has 3 heterocycles. The molecule has 2 aliphatic heterocycles. The minimum absolute atomic E-state index is 0.0235. The molecule has 2 saturated carbocycles. The van der Waals surface area contributed by atoms with Crippen molar-refractivity contribution in [3.05, 3.63) is 34.8 Å². The van der Waals surface area contributed by atoms with Crippen molar-refractivity contribution in [3.63, 3.8) is 0 Å². The maximum Gasteiger partial charge on any atom is 0.392 e. The SMILES string of the molecule is NC(=C(COC1CC2CC[C@@H](C1)N2c1nc2c(F)cc(C(=O)O)cc2s1)C(=O)C1CC1)C1CCCCC1C(F)(F)F. The van der Waals surface area contributed by atoms with E-state index in [2.05, 4.69) is 9.88 Å². The molecule has 41 heavy (non-hydrogen) atoms. The lowest BCUT2D eigenvalue weighted by atomic mass is 9.75. The highest BCUT2D eigenvalue weighted by Gasteiger charge is 2.48. The van der Waals surface area contributed by atoms with Crippen LogP contribution in [0.3, 0.4) is 0 Å². The van der Waals surface area contributed by atoms with Crippen molar-refractivity contribution in [2.45, 2.75) is 88.6 Å². The van der Waals surface area contributed by atoms with E-state index < -0.39 is 29.8 Å². The van der Waals surface area contributed by atoms with E-state index in [0.717, 1.165) is 31.7 Å². The largest absolute Gasteiger partial charge is 0.478 e. The summed E-state index contributed by atoms with van der Waals surface area (Å²) in [6.45, 7) is -0.0866. The van der Waals surface area contributed by atoms with Crippen molar-refractivity contribution < 1.29 is 37.0 Å². The number of thiazole rings is 1. The van der Waals surface area contributed by atoms with Gasteiger partial charge in [-0.25, -0.2) is 14.2 Å². The van der Waals surface area contributed by atoms with E-state index in [1.807, 2.05) is 0 Å². The van der Waals surface area contributed by atoms with Crippen LogP contribution >= 0.6 is 11.3 Å². The summed E-state index contributed by atoms with van der Waals surface area (Å²) in [6, 6.07) is 2.55. The molecule has 7 nitrogen and oxygen atoms in total. The number of Topliss-reactive ketones (excluding diaryl/α,β-unsaturated/α-hetero) is 1.